The van der Waals surface area contributed by atoms with E-state index < -0.39 is 6.04 Å². The van der Waals surface area contributed by atoms with Crippen LogP contribution in [0.1, 0.15) is 35.6 Å². The largest absolute Gasteiger partial charge is 0.483 e. The first kappa shape index (κ1) is 21.5. The molecule has 0 unspecified atom stereocenters. The Hall–Kier alpha value is -2.82. The average molecular weight is 383 g/mol. The maximum Gasteiger partial charge on any atom is 0.261 e. The van der Waals surface area contributed by atoms with Gasteiger partial charge in [0.25, 0.3) is 5.91 Å². The molecular formula is C23H30N2O3. The first-order chi connectivity index (χ1) is 13.4. The van der Waals surface area contributed by atoms with Gasteiger partial charge in [-0.2, -0.15) is 0 Å². The van der Waals surface area contributed by atoms with E-state index in [-0.39, 0.29) is 18.4 Å². The predicted molar refractivity (Wildman–Crippen MR) is 111 cm³/mol. The Bertz CT molecular complexity index is 815. The second-order valence-corrected chi connectivity index (χ2v) is 7.03. The normalized spacial score (nSPS) is 11.6. The number of benzene rings is 2. The lowest BCUT2D eigenvalue weighted by atomic mass is 10.1. The molecule has 0 heterocycles. The van der Waals surface area contributed by atoms with Crippen molar-refractivity contribution < 1.29 is 14.3 Å². The van der Waals surface area contributed by atoms with Crippen molar-refractivity contribution in [3.8, 4) is 5.75 Å². The Morgan fingerprint density at radius 3 is 2.36 bits per heavy atom. The van der Waals surface area contributed by atoms with E-state index in [1.807, 2.05) is 70.2 Å². The summed E-state index contributed by atoms with van der Waals surface area (Å²) in [5.74, 6) is 0.309. The summed E-state index contributed by atoms with van der Waals surface area (Å²) in [4.78, 5) is 27.0. The van der Waals surface area contributed by atoms with Crippen LogP contribution in [-0.2, 0) is 16.1 Å². The van der Waals surface area contributed by atoms with Gasteiger partial charge in [-0.3, -0.25) is 9.59 Å². The lowest BCUT2D eigenvalue weighted by Crippen LogP contribution is -2.49. The minimum Gasteiger partial charge on any atom is -0.483 e. The highest BCUT2D eigenvalue weighted by molar-refractivity contribution is 5.88. The molecule has 0 aromatic heterocycles. The standard InChI is InChI=1S/C23H30N2O3/c1-6-20(23(27)24-5)25(14-19-12-10-16(2)11-13-19)22(26)15-28-21-9-7-8-17(3)18(21)4/h7-13,20H,6,14-15H2,1-5H3,(H,24,27)/t20-/m1/s1. The van der Waals surface area contributed by atoms with E-state index in [1.54, 1.807) is 11.9 Å². The number of hydrogen-bond acceptors (Lipinski definition) is 3. The molecule has 0 bridgehead atoms. The summed E-state index contributed by atoms with van der Waals surface area (Å²) in [6.45, 7) is 8.15. The zero-order chi connectivity index (χ0) is 20.7. The van der Waals surface area contributed by atoms with Crippen LogP contribution in [0, 0.1) is 20.8 Å². The zero-order valence-electron chi connectivity index (χ0n) is 17.4. The smallest absolute Gasteiger partial charge is 0.261 e. The lowest BCUT2D eigenvalue weighted by molar-refractivity contribution is -0.142. The molecule has 1 atom stereocenters. The number of hydrogen-bond donors (Lipinski definition) is 1. The van der Waals surface area contributed by atoms with Crippen molar-refractivity contribution in [2.24, 2.45) is 0 Å². The topological polar surface area (TPSA) is 58.6 Å². The maximum absolute atomic E-state index is 13.0. The monoisotopic (exact) mass is 382 g/mol. The van der Waals surface area contributed by atoms with E-state index in [0.717, 1.165) is 22.3 Å². The second-order valence-electron chi connectivity index (χ2n) is 7.03. The van der Waals surface area contributed by atoms with Gasteiger partial charge < -0.3 is 15.0 Å². The summed E-state index contributed by atoms with van der Waals surface area (Å²) in [7, 11) is 1.59. The number of nitrogens with zero attached hydrogens (tertiary/aromatic N) is 1. The molecular weight excluding hydrogens is 352 g/mol. The van der Waals surface area contributed by atoms with Crippen LogP contribution >= 0.6 is 0 Å². The molecule has 150 valence electrons. The van der Waals surface area contributed by atoms with E-state index in [1.165, 1.54) is 0 Å². The second kappa shape index (κ2) is 9.93. The number of nitrogens with one attached hydrogen (secondary N) is 1. The van der Waals surface area contributed by atoms with Crippen molar-refractivity contribution in [3.05, 3.63) is 64.7 Å². The van der Waals surface area contributed by atoms with E-state index in [2.05, 4.69) is 5.32 Å². The number of carbonyl (C=O) groups excluding carboxylic acids is 2. The van der Waals surface area contributed by atoms with Gasteiger partial charge in [-0.25, -0.2) is 0 Å². The average Bonchev–Trinajstić information content (AvgIpc) is 2.69. The minimum atomic E-state index is -0.541. The van der Waals surface area contributed by atoms with Crippen LogP contribution in [-0.4, -0.2) is 36.4 Å². The van der Waals surface area contributed by atoms with Gasteiger partial charge in [0.15, 0.2) is 6.61 Å². The van der Waals surface area contributed by atoms with Crippen LogP contribution in [0.25, 0.3) is 0 Å². The summed E-state index contributed by atoms with van der Waals surface area (Å²) in [6, 6.07) is 13.2. The minimum absolute atomic E-state index is 0.107. The van der Waals surface area contributed by atoms with Crippen molar-refractivity contribution in [1.29, 1.82) is 0 Å². The van der Waals surface area contributed by atoms with Crippen LogP contribution in [0.3, 0.4) is 0 Å². The Balaban J connectivity index is 2.21. The fourth-order valence-electron chi connectivity index (χ4n) is 3.08. The van der Waals surface area contributed by atoms with Crippen molar-refractivity contribution in [2.45, 2.75) is 46.7 Å². The van der Waals surface area contributed by atoms with Gasteiger partial charge in [-0.1, -0.05) is 48.9 Å². The molecule has 5 nitrogen and oxygen atoms in total. The molecule has 0 saturated carbocycles. The van der Waals surface area contributed by atoms with Crippen molar-refractivity contribution >= 4 is 11.8 Å². The van der Waals surface area contributed by atoms with Gasteiger partial charge >= 0.3 is 0 Å². The number of rotatable bonds is 8. The molecule has 2 amide bonds. The summed E-state index contributed by atoms with van der Waals surface area (Å²) >= 11 is 0. The van der Waals surface area contributed by atoms with E-state index in [9.17, 15) is 9.59 Å². The highest BCUT2D eigenvalue weighted by atomic mass is 16.5. The van der Waals surface area contributed by atoms with Crippen molar-refractivity contribution in [3.63, 3.8) is 0 Å². The van der Waals surface area contributed by atoms with Crippen molar-refractivity contribution in [1.82, 2.24) is 10.2 Å². The van der Waals surface area contributed by atoms with Crippen LogP contribution in [0.15, 0.2) is 42.5 Å². The SMILES string of the molecule is CC[C@H](C(=O)NC)N(Cc1ccc(C)cc1)C(=O)COc1cccc(C)c1C. The molecule has 0 fully saturated rings. The fourth-order valence-corrected chi connectivity index (χ4v) is 3.08. The molecule has 0 aliphatic carbocycles. The molecule has 28 heavy (non-hydrogen) atoms. The quantitative estimate of drug-likeness (QED) is 0.760. The van der Waals surface area contributed by atoms with Gasteiger partial charge in [0, 0.05) is 13.6 Å². The highest BCUT2D eigenvalue weighted by Gasteiger charge is 2.28. The van der Waals surface area contributed by atoms with Crippen molar-refractivity contribution in [2.75, 3.05) is 13.7 Å². The number of amides is 2. The van der Waals surface area contributed by atoms with Gasteiger partial charge in [0.05, 0.1) is 0 Å². The Kier molecular flexibility index (Phi) is 7.61. The first-order valence-electron chi connectivity index (χ1n) is 9.63. The Morgan fingerprint density at radius 2 is 1.75 bits per heavy atom. The molecule has 0 radical (unpaired) electrons. The molecule has 2 aromatic carbocycles. The maximum atomic E-state index is 13.0. The predicted octanol–water partition coefficient (Wildman–Crippen LogP) is 3.54. The third kappa shape index (κ3) is 5.35. The third-order valence-corrected chi connectivity index (χ3v) is 5.01. The molecule has 0 spiro atoms. The molecule has 0 aliphatic heterocycles. The van der Waals surface area contributed by atoms with Gasteiger partial charge in [0.1, 0.15) is 11.8 Å². The number of ether oxygens (including phenoxy) is 1. The number of aryl methyl sites for hydroxylation is 2. The van der Waals surface area contributed by atoms with Gasteiger partial charge in [0.2, 0.25) is 5.91 Å². The number of carbonyl (C=O) groups is 2. The first-order valence-corrected chi connectivity index (χ1v) is 9.63. The summed E-state index contributed by atoms with van der Waals surface area (Å²) in [5, 5.41) is 2.66. The van der Waals surface area contributed by atoms with Gasteiger partial charge in [-0.05, 0) is 49.9 Å². The molecule has 2 aromatic rings. The zero-order valence-corrected chi connectivity index (χ0v) is 17.4. The highest BCUT2D eigenvalue weighted by Crippen LogP contribution is 2.21. The Labute approximate surface area is 167 Å². The van der Waals surface area contributed by atoms with Crippen LogP contribution in [0.5, 0.6) is 5.75 Å². The van der Waals surface area contributed by atoms with E-state index in [0.29, 0.717) is 18.7 Å². The lowest BCUT2D eigenvalue weighted by Gasteiger charge is -2.30. The Morgan fingerprint density at radius 1 is 1.07 bits per heavy atom. The fraction of sp³-hybridized carbons (Fsp3) is 0.391. The third-order valence-electron chi connectivity index (χ3n) is 5.01. The summed E-state index contributed by atoms with van der Waals surface area (Å²) in [6.07, 6.45) is 0.529. The van der Waals surface area contributed by atoms with Gasteiger partial charge in [-0.15, -0.1) is 0 Å². The van der Waals surface area contributed by atoms with Crippen LogP contribution in [0.2, 0.25) is 0 Å². The molecule has 0 aliphatic rings. The summed E-state index contributed by atoms with van der Waals surface area (Å²) in [5.41, 5.74) is 4.25. The van der Waals surface area contributed by atoms with Crippen LogP contribution < -0.4 is 10.1 Å². The molecule has 0 saturated heterocycles. The molecule has 5 heteroatoms. The number of likely N-dealkylation sites (N-methyl/N-ethyl adjacent to an activating group) is 1. The van der Waals surface area contributed by atoms with E-state index in [4.69, 9.17) is 4.74 Å². The molecule has 2 rings (SSSR count). The summed E-state index contributed by atoms with van der Waals surface area (Å²) < 4.78 is 5.80. The van der Waals surface area contributed by atoms with Crippen LogP contribution in [0.4, 0.5) is 0 Å². The van der Waals surface area contributed by atoms with E-state index >= 15 is 0 Å². The molecule has 1 N–H and O–H groups in total.